The van der Waals surface area contributed by atoms with Crippen LogP contribution in [0, 0.1) is 68.4 Å². The molecule has 0 N–H and O–H groups in total. The lowest BCUT2D eigenvalue weighted by atomic mass is 10.1. The van der Waals surface area contributed by atoms with E-state index in [1.807, 2.05) is 121 Å². The topological polar surface area (TPSA) is 243 Å². The molecule has 0 amide bonds. The summed E-state index contributed by atoms with van der Waals surface area (Å²) in [7, 11) is 0. The second-order valence-corrected chi connectivity index (χ2v) is 37.5. The number of benzene rings is 6. The van der Waals surface area contributed by atoms with E-state index >= 15 is 0 Å². The highest BCUT2D eigenvalue weighted by Crippen LogP contribution is 2.41. The normalized spacial score (nSPS) is 11.8. The van der Waals surface area contributed by atoms with Gasteiger partial charge in [0.05, 0.1) is 76.8 Å². The van der Waals surface area contributed by atoms with Crippen LogP contribution in [0.25, 0.3) is 65.4 Å². The van der Waals surface area contributed by atoms with Crippen molar-refractivity contribution >= 4 is 114 Å². The maximum atomic E-state index is 14.6. The van der Waals surface area contributed by atoms with Crippen LogP contribution in [0.15, 0.2) is 110 Å². The summed E-state index contributed by atoms with van der Waals surface area (Å²) in [6, 6.07) is 23.4. The Balaban J connectivity index is 0.000000215. The van der Waals surface area contributed by atoms with Crippen LogP contribution in [-0.2, 0) is 28.4 Å². The first-order valence-corrected chi connectivity index (χ1v) is 43.5. The summed E-state index contributed by atoms with van der Waals surface area (Å²) in [5.41, 5.74) is 1.79. The molecule has 0 saturated heterocycles. The minimum absolute atomic E-state index is 0.0116. The van der Waals surface area contributed by atoms with Crippen LogP contribution in [0.5, 0.6) is 34.5 Å². The number of rotatable bonds is 15. The summed E-state index contributed by atoms with van der Waals surface area (Å²) >= 11 is 6.38. The SMILES string of the molecule is CC(C)OC(=O)n1ccc2c(F)c(OC(C)(C)C)c(F)cc21.CCCOC(=O)n1c(C)cc2c(F)c(OC(C)(C)C)ccc21.CCCOC(=O)n1ccc2c(Cl)c(OC(C)(C)C)ccc21.CCCOC(=O)n1ccc2c(F)c(OC(C)(C)C)c(F)cc21.CCOC(=O)n1c(C)cc2c(C)c(OC(C)(C)C)ccc21.Cc1cc2c(F)c(OC(C)(C)C)cc(F)c2n1C(=O)OC(C)C. The summed E-state index contributed by atoms with van der Waals surface area (Å²) in [6.45, 7) is 55.8. The van der Waals surface area contributed by atoms with Gasteiger partial charge in [-0.25, -0.2) is 73.2 Å². The van der Waals surface area contributed by atoms with Gasteiger partial charge < -0.3 is 56.8 Å². The highest BCUT2D eigenvalue weighted by molar-refractivity contribution is 6.37. The van der Waals surface area contributed by atoms with Crippen molar-refractivity contribution in [3.63, 3.8) is 0 Å². The van der Waals surface area contributed by atoms with E-state index in [1.54, 1.807) is 152 Å². The highest BCUT2D eigenvalue weighted by atomic mass is 35.5. The van der Waals surface area contributed by atoms with Crippen molar-refractivity contribution in [2.24, 2.45) is 0 Å². The standard InChI is InChI=1S/C17H21F2NO3.C17H22FNO3.C17H23NO3.C16H20ClNO3.2C16H19F2NO3/c1-9(2)22-16(21)20-10(3)7-11-14(19)13(23-17(4,5)6)8-12(18)15(11)20;1-6-9-21-16(20)19-11(2)10-12-13(19)7-8-14(15(12)18)22-17(3,4)5;1-7-20-16(19)18-11(2)10-13-12(3)15(9-8-14(13)18)21-17(4,5)6;1-5-10-20-15(19)18-9-8-11-12(18)6-7-13(14(11)17)21-16(2,3)4;1-9(2)21-15(20)19-7-6-10-12(19)8-11(17)14(13(10)18)22-16(3,4)5;1-5-8-21-15(20)19-7-6-10-12(19)9-11(17)14(13(10)18)22-16(2,3)4/h7-9H,1-6H3;7-8,10H,6,9H2,1-5H3;8-10H,7H2,1-6H3;6-9H,5,10H2,1-4H3;6-9H,1-5H3;6-7,9H,5,8H2,1-4H3. The zero-order valence-electron chi connectivity index (χ0n) is 80.6. The van der Waals surface area contributed by atoms with Gasteiger partial charge in [0.25, 0.3) is 0 Å². The Morgan fingerprint density at radius 3 is 1.11 bits per heavy atom. The second-order valence-electron chi connectivity index (χ2n) is 37.2. The average molecular weight is 1850 g/mol. The lowest BCUT2D eigenvalue weighted by Gasteiger charge is -2.23. The van der Waals surface area contributed by atoms with E-state index in [-0.39, 0.29) is 80.3 Å². The molecule has 131 heavy (non-hydrogen) atoms. The van der Waals surface area contributed by atoms with Crippen molar-refractivity contribution in [1.29, 1.82) is 0 Å². The number of halogens is 8. The smallest absolute Gasteiger partial charge is 0.419 e. The number of nitrogens with zero attached hydrogens (tertiary/aromatic N) is 6. The summed E-state index contributed by atoms with van der Waals surface area (Å²) in [5, 5.41) is 2.84. The lowest BCUT2D eigenvalue weighted by Crippen LogP contribution is -2.24. The van der Waals surface area contributed by atoms with Gasteiger partial charge in [-0.3, -0.25) is 13.7 Å². The molecule has 714 valence electrons. The van der Waals surface area contributed by atoms with Gasteiger partial charge in [0, 0.05) is 91.8 Å². The van der Waals surface area contributed by atoms with E-state index in [0.29, 0.717) is 64.8 Å². The molecule has 6 heterocycles. The number of aromatic nitrogens is 6. The first-order chi connectivity index (χ1) is 60.7. The molecule has 6 aromatic heterocycles. The van der Waals surface area contributed by atoms with Crippen LogP contribution in [-0.4, -0.2) is 136 Å². The molecule has 0 spiro atoms. The zero-order valence-corrected chi connectivity index (χ0v) is 81.3. The van der Waals surface area contributed by atoms with Gasteiger partial charge in [-0.2, -0.15) is 0 Å². The molecule has 12 rings (SSSR count). The monoisotopic (exact) mass is 1850 g/mol. The molecule has 0 aliphatic carbocycles. The summed E-state index contributed by atoms with van der Waals surface area (Å²) < 4.78 is 173. The fourth-order valence-electron chi connectivity index (χ4n) is 13.0. The summed E-state index contributed by atoms with van der Waals surface area (Å²) in [6.07, 6.45) is 2.54. The van der Waals surface area contributed by atoms with Crippen LogP contribution in [0.4, 0.5) is 59.5 Å². The number of carbonyl (C=O) groups is 6. The molecule has 0 radical (unpaired) electrons. The van der Waals surface area contributed by atoms with E-state index < -0.39 is 105 Å². The molecule has 24 nitrogen and oxygen atoms in total. The van der Waals surface area contributed by atoms with Crippen molar-refractivity contribution in [2.75, 3.05) is 26.4 Å². The van der Waals surface area contributed by atoms with Crippen molar-refractivity contribution in [1.82, 2.24) is 27.4 Å². The molecule has 0 bridgehead atoms. The van der Waals surface area contributed by atoms with E-state index in [9.17, 15) is 59.5 Å². The Morgan fingerprint density at radius 2 is 0.672 bits per heavy atom. The zero-order chi connectivity index (χ0) is 98.6. The van der Waals surface area contributed by atoms with Gasteiger partial charge in [0.1, 0.15) is 45.1 Å². The Kier molecular flexibility index (Phi) is 35.1. The Hall–Kier alpha value is -12.0. The van der Waals surface area contributed by atoms with E-state index in [4.69, 9.17) is 68.4 Å². The van der Waals surface area contributed by atoms with Gasteiger partial charge in [0.2, 0.25) is 0 Å². The molecule has 0 saturated carbocycles. The fraction of sp³-hybridized carbons (Fsp3) is 0.455. The molecule has 0 unspecified atom stereocenters. The number of ether oxygens (including phenoxy) is 12. The van der Waals surface area contributed by atoms with Crippen LogP contribution in [0.1, 0.15) is 222 Å². The average Bonchev–Trinajstić information content (AvgIpc) is 1.72. The predicted octanol–water partition coefficient (Wildman–Crippen LogP) is 27.7. The third kappa shape index (κ3) is 27.8. The Morgan fingerprint density at radius 1 is 0.328 bits per heavy atom. The molecular weight excluding hydrogens is 1730 g/mol. The number of fused-ring (bicyclic) bond motifs is 6. The number of carbonyl (C=O) groups excluding carboxylic acids is 6. The van der Waals surface area contributed by atoms with Crippen LogP contribution in [0.2, 0.25) is 5.02 Å². The van der Waals surface area contributed by atoms with Crippen molar-refractivity contribution in [3.05, 3.63) is 178 Å². The van der Waals surface area contributed by atoms with Gasteiger partial charge >= 0.3 is 36.6 Å². The number of aryl methyl sites for hydroxylation is 4. The molecular formula is C99H124ClF7N6O18. The van der Waals surface area contributed by atoms with Crippen molar-refractivity contribution in [3.8, 4) is 34.5 Å². The van der Waals surface area contributed by atoms with E-state index in [1.165, 1.54) is 39.7 Å². The third-order valence-corrected chi connectivity index (χ3v) is 18.3. The Labute approximate surface area is 765 Å². The lowest BCUT2D eigenvalue weighted by molar-refractivity contribution is 0.116. The molecule has 32 heteroatoms. The van der Waals surface area contributed by atoms with Crippen LogP contribution in [0.3, 0.4) is 0 Å². The molecule has 0 atom stereocenters. The number of hydrogen-bond acceptors (Lipinski definition) is 18. The van der Waals surface area contributed by atoms with E-state index in [2.05, 4.69) is 0 Å². The maximum Gasteiger partial charge on any atom is 0.419 e. The van der Waals surface area contributed by atoms with Crippen molar-refractivity contribution in [2.45, 2.75) is 273 Å². The minimum atomic E-state index is -0.864. The first-order valence-electron chi connectivity index (χ1n) is 43.1. The van der Waals surface area contributed by atoms with E-state index in [0.717, 1.165) is 78.0 Å². The van der Waals surface area contributed by atoms with Gasteiger partial charge in [-0.15, -0.1) is 0 Å². The maximum absolute atomic E-state index is 14.6. The number of hydrogen-bond donors (Lipinski definition) is 0. The minimum Gasteiger partial charge on any atom is -0.488 e. The third-order valence-electron chi connectivity index (χ3n) is 17.9. The fourth-order valence-corrected chi connectivity index (χ4v) is 13.2. The van der Waals surface area contributed by atoms with Gasteiger partial charge in [-0.1, -0.05) is 32.4 Å². The van der Waals surface area contributed by atoms with Crippen LogP contribution < -0.4 is 28.4 Å². The first kappa shape index (κ1) is 106. The molecule has 12 aromatic rings. The molecule has 6 aromatic carbocycles. The van der Waals surface area contributed by atoms with Crippen LogP contribution >= 0.6 is 11.6 Å². The summed E-state index contributed by atoms with van der Waals surface area (Å²) in [5.74, 6) is -4.73. The van der Waals surface area contributed by atoms with Gasteiger partial charge in [0.15, 0.2) is 63.7 Å². The van der Waals surface area contributed by atoms with Gasteiger partial charge in [-0.05, 0) is 279 Å². The highest BCUT2D eigenvalue weighted by Gasteiger charge is 2.31. The molecule has 0 aliphatic heterocycles. The largest absolute Gasteiger partial charge is 0.488 e. The quantitative estimate of drug-likeness (QED) is 0.0684. The molecule has 0 fully saturated rings. The predicted molar refractivity (Wildman–Crippen MR) is 495 cm³/mol. The van der Waals surface area contributed by atoms with Crippen molar-refractivity contribution < 1.29 is 116 Å². The summed E-state index contributed by atoms with van der Waals surface area (Å²) in [4.78, 5) is 72.1. The molecule has 0 aliphatic rings. The Bertz CT molecular complexity index is 6110. The second kappa shape index (κ2) is 43.4.